The van der Waals surface area contributed by atoms with E-state index in [2.05, 4.69) is 10.3 Å². The highest BCUT2D eigenvalue weighted by atomic mass is 32.1. The third kappa shape index (κ3) is 3.91. The Hall–Kier alpha value is -2.15. The maximum atomic E-state index is 13.8. The summed E-state index contributed by atoms with van der Waals surface area (Å²) in [5.74, 6) is -1.06. The Bertz CT molecular complexity index is 617. The number of carbonyl (C=O) groups is 1. The summed E-state index contributed by atoms with van der Waals surface area (Å²) in [6.07, 6.45) is 2.40. The molecular weight excluding hydrogens is 293 g/mol. The molecule has 0 aliphatic carbocycles. The third-order valence-electron chi connectivity index (χ3n) is 2.77. The number of nitrogen functional groups attached to an aromatic ring is 1. The van der Waals surface area contributed by atoms with Crippen LogP contribution in [0, 0.1) is 5.82 Å². The summed E-state index contributed by atoms with van der Waals surface area (Å²) >= 11 is 1.54. The Balaban J connectivity index is 2.07. The number of aromatic nitrogens is 1. The molecule has 0 aliphatic rings. The largest absolute Gasteiger partial charge is 0.462 e. The molecule has 3 N–H and O–H groups in total. The third-order valence-corrected chi connectivity index (χ3v) is 3.61. The van der Waals surface area contributed by atoms with Crippen LogP contribution in [0.3, 0.4) is 0 Å². The van der Waals surface area contributed by atoms with E-state index in [1.165, 1.54) is 6.07 Å². The van der Waals surface area contributed by atoms with Gasteiger partial charge in [-0.2, -0.15) is 0 Å². The molecule has 0 amide bonds. The highest BCUT2D eigenvalue weighted by Gasteiger charge is 2.15. The number of hydrogen-bond acceptors (Lipinski definition) is 6. The summed E-state index contributed by atoms with van der Waals surface area (Å²) < 4.78 is 18.7. The molecule has 0 aliphatic heterocycles. The first-order valence-electron chi connectivity index (χ1n) is 6.50. The van der Waals surface area contributed by atoms with Gasteiger partial charge in [-0.15, -0.1) is 11.3 Å². The first kappa shape index (κ1) is 15.2. The van der Waals surface area contributed by atoms with Gasteiger partial charge in [0.1, 0.15) is 5.82 Å². The van der Waals surface area contributed by atoms with Crippen LogP contribution in [0.15, 0.2) is 23.7 Å². The zero-order chi connectivity index (χ0) is 15.2. The molecule has 0 unspecified atom stereocenters. The van der Waals surface area contributed by atoms with E-state index in [1.807, 2.05) is 5.38 Å². The van der Waals surface area contributed by atoms with Crippen LogP contribution >= 0.6 is 11.3 Å². The second kappa shape index (κ2) is 7.03. The SMILES string of the molecule is CCOC(=O)c1cc(NCCc2nccs2)c(F)cc1N. The van der Waals surface area contributed by atoms with E-state index in [0.717, 1.165) is 11.1 Å². The molecule has 2 aromatic rings. The number of carbonyl (C=O) groups excluding carboxylic acids is 1. The summed E-state index contributed by atoms with van der Waals surface area (Å²) in [4.78, 5) is 15.9. The fourth-order valence-corrected chi connectivity index (χ4v) is 2.41. The van der Waals surface area contributed by atoms with Crippen LogP contribution in [0.4, 0.5) is 15.8 Å². The molecule has 0 fully saturated rings. The summed E-state index contributed by atoms with van der Waals surface area (Å²) in [5, 5.41) is 5.79. The lowest BCUT2D eigenvalue weighted by atomic mass is 10.1. The van der Waals surface area contributed by atoms with Gasteiger partial charge in [0.05, 0.1) is 22.9 Å². The highest BCUT2D eigenvalue weighted by Crippen LogP contribution is 2.23. The van der Waals surface area contributed by atoms with Crippen molar-refractivity contribution in [1.82, 2.24) is 4.98 Å². The van der Waals surface area contributed by atoms with Crippen molar-refractivity contribution >= 4 is 28.7 Å². The van der Waals surface area contributed by atoms with Crippen molar-refractivity contribution in [2.75, 3.05) is 24.2 Å². The molecule has 1 aromatic heterocycles. The average Bonchev–Trinajstić information content (AvgIpc) is 2.94. The maximum absolute atomic E-state index is 13.8. The molecule has 5 nitrogen and oxygen atoms in total. The second-order valence-electron chi connectivity index (χ2n) is 4.24. The van der Waals surface area contributed by atoms with Crippen molar-refractivity contribution in [3.63, 3.8) is 0 Å². The smallest absolute Gasteiger partial charge is 0.340 e. The monoisotopic (exact) mass is 309 g/mol. The van der Waals surface area contributed by atoms with Crippen molar-refractivity contribution in [2.24, 2.45) is 0 Å². The van der Waals surface area contributed by atoms with E-state index in [0.29, 0.717) is 13.0 Å². The van der Waals surface area contributed by atoms with E-state index in [4.69, 9.17) is 10.5 Å². The molecule has 7 heteroatoms. The van der Waals surface area contributed by atoms with Crippen LogP contribution in [0.25, 0.3) is 0 Å². The van der Waals surface area contributed by atoms with Gasteiger partial charge in [0.2, 0.25) is 0 Å². The molecule has 21 heavy (non-hydrogen) atoms. The number of thiazole rings is 1. The lowest BCUT2D eigenvalue weighted by molar-refractivity contribution is 0.0527. The Morgan fingerprint density at radius 1 is 1.52 bits per heavy atom. The van der Waals surface area contributed by atoms with E-state index < -0.39 is 11.8 Å². The molecule has 112 valence electrons. The predicted molar refractivity (Wildman–Crippen MR) is 81.1 cm³/mol. The number of benzene rings is 1. The Kier molecular flexibility index (Phi) is 5.10. The molecule has 0 saturated carbocycles. The van der Waals surface area contributed by atoms with Gasteiger partial charge in [-0.05, 0) is 19.1 Å². The topological polar surface area (TPSA) is 77.2 Å². The molecule has 0 radical (unpaired) electrons. The Morgan fingerprint density at radius 2 is 2.33 bits per heavy atom. The number of ether oxygens (including phenoxy) is 1. The first-order valence-corrected chi connectivity index (χ1v) is 7.38. The quantitative estimate of drug-likeness (QED) is 0.634. The number of rotatable bonds is 6. The first-order chi connectivity index (χ1) is 10.1. The van der Waals surface area contributed by atoms with Gasteiger partial charge in [-0.3, -0.25) is 0 Å². The van der Waals surface area contributed by atoms with E-state index in [1.54, 1.807) is 24.5 Å². The van der Waals surface area contributed by atoms with Crippen LogP contribution in [0.5, 0.6) is 0 Å². The summed E-state index contributed by atoms with van der Waals surface area (Å²) in [6, 6.07) is 2.50. The van der Waals surface area contributed by atoms with Gasteiger partial charge in [0.15, 0.2) is 0 Å². The van der Waals surface area contributed by atoms with Crippen LogP contribution in [0.1, 0.15) is 22.3 Å². The number of nitrogens with one attached hydrogen (secondary N) is 1. The Labute approximate surface area is 126 Å². The van der Waals surface area contributed by atoms with Crippen LogP contribution < -0.4 is 11.1 Å². The number of nitrogens with zero attached hydrogens (tertiary/aromatic N) is 1. The lowest BCUT2D eigenvalue weighted by Crippen LogP contribution is -2.12. The molecular formula is C14H16FN3O2S. The van der Waals surface area contributed by atoms with Gasteiger partial charge in [-0.1, -0.05) is 0 Å². The van der Waals surface area contributed by atoms with Crippen LogP contribution in [-0.4, -0.2) is 24.1 Å². The van der Waals surface area contributed by atoms with Crippen LogP contribution in [0.2, 0.25) is 0 Å². The van der Waals surface area contributed by atoms with Crippen molar-refractivity contribution < 1.29 is 13.9 Å². The number of hydrogen-bond donors (Lipinski definition) is 2. The number of halogens is 1. The fraction of sp³-hybridized carbons (Fsp3) is 0.286. The number of anilines is 2. The predicted octanol–water partition coefficient (Wildman–Crippen LogP) is 2.70. The van der Waals surface area contributed by atoms with Crippen LogP contribution in [-0.2, 0) is 11.2 Å². The Morgan fingerprint density at radius 3 is 3.00 bits per heavy atom. The molecule has 0 spiro atoms. The summed E-state index contributed by atoms with van der Waals surface area (Å²) in [5.41, 5.74) is 6.10. The van der Waals surface area contributed by atoms with Gasteiger partial charge in [-0.25, -0.2) is 14.2 Å². The molecule has 0 saturated heterocycles. The summed E-state index contributed by atoms with van der Waals surface area (Å²) in [6.45, 7) is 2.45. The van der Waals surface area contributed by atoms with E-state index >= 15 is 0 Å². The molecule has 1 heterocycles. The van der Waals surface area contributed by atoms with E-state index in [9.17, 15) is 9.18 Å². The minimum Gasteiger partial charge on any atom is -0.462 e. The highest BCUT2D eigenvalue weighted by molar-refractivity contribution is 7.09. The van der Waals surface area contributed by atoms with Gasteiger partial charge in [0, 0.05) is 30.2 Å². The van der Waals surface area contributed by atoms with Gasteiger partial charge in [0.25, 0.3) is 0 Å². The average molecular weight is 309 g/mol. The molecule has 2 rings (SSSR count). The normalized spacial score (nSPS) is 10.4. The van der Waals surface area contributed by atoms with Gasteiger partial charge < -0.3 is 15.8 Å². The molecule has 0 atom stereocenters. The van der Waals surface area contributed by atoms with Crippen molar-refractivity contribution in [3.8, 4) is 0 Å². The lowest BCUT2D eigenvalue weighted by Gasteiger charge is -2.11. The standard InChI is InChI=1S/C14H16FN3O2S/c1-2-20-14(19)9-7-12(10(15)8-11(9)16)17-4-3-13-18-5-6-21-13/h5-8,17H,2-4,16H2,1H3. The summed E-state index contributed by atoms with van der Waals surface area (Å²) in [7, 11) is 0. The maximum Gasteiger partial charge on any atom is 0.340 e. The minimum absolute atomic E-state index is 0.0661. The fourth-order valence-electron chi connectivity index (χ4n) is 1.79. The zero-order valence-electron chi connectivity index (χ0n) is 11.6. The number of nitrogens with two attached hydrogens (primary N) is 1. The van der Waals surface area contributed by atoms with E-state index in [-0.39, 0.29) is 23.5 Å². The van der Waals surface area contributed by atoms with Crippen molar-refractivity contribution in [2.45, 2.75) is 13.3 Å². The van der Waals surface area contributed by atoms with Crippen molar-refractivity contribution in [1.29, 1.82) is 0 Å². The minimum atomic E-state index is -0.557. The molecule has 1 aromatic carbocycles. The van der Waals surface area contributed by atoms with Crippen molar-refractivity contribution in [3.05, 3.63) is 40.1 Å². The second-order valence-corrected chi connectivity index (χ2v) is 5.22. The van der Waals surface area contributed by atoms with Gasteiger partial charge >= 0.3 is 5.97 Å². The zero-order valence-corrected chi connectivity index (χ0v) is 12.4. The molecule has 0 bridgehead atoms. The number of esters is 1.